The SMILES string of the molecule is C[Si](C)(C)CCOCc1cnc2c(c1)[nH]c(=O)c1nncn12. The minimum Gasteiger partial charge on any atom is -0.377 e. The van der Waals surface area contributed by atoms with Crippen LogP contribution in [0.2, 0.25) is 25.7 Å². The van der Waals surface area contributed by atoms with Crippen LogP contribution < -0.4 is 5.56 Å². The van der Waals surface area contributed by atoms with Crippen LogP contribution in [-0.4, -0.2) is 39.2 Å². The molecule has 0 amide bonds. The molecule has 0 aliphatic heterocycles. The Bertz CT molecular complexity index is 865. The van der Waals surface area contributed by atoms with Crippen molar-refractivity contribution >= 4 is 24.9 Å². The molecular formula is C14H19N5O2Si. The van der Waals surface area contributed by atoms with Crippen LogP contribution in [0, 0.1) is 0 Å². The fourth-order valence-electron chi connectivity index (χ4n) is 2.16. The first-order valence-electron chi connectivity index (χ1n) is 7.22. The molecule has 0 bridgehead atoms. The van der Waals surface area contributed by atoms with Gasteiger partial charge in [-0.15, -0.1) is 10.2 Å². The fourth-order valence-corrected chi connectivity index (χ4v) is 2.91. The highest BCUT2D eigenvalue weighted by molar-refractivity contribution is 6.76. The van der Waals surface area contributed by atoms with Gasteiger partial charge in [-0.3, -0.25) is 9.20 Å². The van der Waals surface area contributed by atoms with E-state index >= 15 is 0 Å². The van der Waals surface area contributed by atoms with Crippen LogP contribution in [0.4, 0.5) is 0 Å². The van der Waals surface area contributed by atoms with E-state index in [1.54, 1.807) is 10.6 Å². The van der Waals surface area contributed by atoms with Crippen molar-refractivity contribution in [3.05, 3.63) is 34.5 Å². The number of H-pyrrole nitrogens is 1. The summed E-state index contributed by atoms with van der Waals surface area (Å²) in [5.41, 5.74) is 2.20. The first-order valence-corrected chi connectivity index (χ1v) is 10.9. The lowest BCUT2D eigenvalue weighted by atomic mass is 10.3. The summed E-state index contributed by atoms with van der Waals surface area (Å²) in [4.78, 5) is 19.1. The molecule has 0 atom stereocenters. The zero-order chi connectivity index (χ0) is 15.7. The number of aromatic nitrogens is 5. The molecule has 0 saturated heterocycles. The zero-order valence-electron chi connectivity index (χ0n) is 13.0. The van der Waals surface area contributed by atoms with Crippen molar-refractivity contribution in [2.75, 3.05) is 6.61 Å². The Balaban J connectivity index is 1.81. The minimum absolute atomic E-state index is 0.249. The molecule has 0 radical (unpaired) electrons. The number of fused-ring (bicyclic) bond motifs is 3. The molecule has 116 valence electrons. The van der Waals surface area contributed by atoms with E-state index in [2.05, 4.69) is 39.8 Å². The first-order chi connectivity index (χ1) is 10.4. The first kappa shape index (κ1) is 14.9. The van der Waals surface area contributed by atoms with Crippen molar-refractivity contribution in [3.63, 3.8) is 0 Å². The number of hydrogen-bond donors (Lipinski definition) is 1. The van der Waals surface area contributed by atoms with Crippen LogP contribution in [0.3, 0.4) is 0 Å². The Morgan fingerprint density at radius 1 is 1.32 bits per heavy atom. The van der Waals surface area contributed by atoms with Gasteiger partial charge in [0.1, 0.15) is 6.33 Å². The molecule has 3 rings (SSSR count). The van der Waals surface area contributed by atoms with Gasteiger partial charge in [0.15, 0.2) is 5.65 Å². The molecule has 0 aliphatic carbocycles. The fraction of sp³-hybridized carbons (Fsp3) is 0.429. The molecule has 0 saturated carbocycles. The summed E-state index contributed by atoms with van der Waals surface area (Å²) >= 11 is 0. The normalized spacial score (nSPS) is 12.3. The highest BCUT2D eigenvalue weighted by atomic mass is 28.3. The smallest absolute Gasteiger partial charge is 0.294 e. The standard InChI is InChI=1S/C14H19N5O2Si/c1-22(2,3)5-4-21-8-10-6-11-12(15-7-10)19-9-16-18-13(19)14(20)17-11/h6-7,9H,4-5,8H2,1-3H3,(H,17,20). The minimum atomic E-state index is -1.07. The lowest BCUT2D eigenvalue weighted by Crippen LogP contribution is -2.21. The summed E-state index contributed by atoms with van der Waals surface area (Å²) in [5, 5.41) is 7.53. The Labute approximate surface area is 128 Å². The summed E-state index contributed by atoms with van der Waals surface area (Å²) in [6, 6.07) is 3.02. The average Bonchev–Trinajstić information content (AvgIpc) is 2.93. The summed E-state index contributed by atoms with van der Waals surface area (Å²) in [6.07, 6.45) is 3.25. The highest BCUT2D eigenvalue weighted by Crippen LogP contribution is 2.12. The number of aromatic amines is 1. The van der Waals surface area contributed by atoms with E-state index in [0.717, 1.165) is 18.2 Å². The second-order valence-corrected chi connectivity index (χ2v) is 12.2. The van der Waals surface area contributed by atoms with Gasteiger partial charge >= 0.3 is 0 Å². The number of nitrogens with zero attached hydrogens (tertiary/aromatic N) is 4. The third-order valence-electron chi connectivity index (χ3n) is 3.42. The van der Waals surface area contributed by atoms with Gasteiger partial charge in [-0.2, -0.15) is 0 Å². The van der Waals surface area contributed by atoms with Crippen LogP contribution in [0.5, 0.6) is 0 Å². The van der Waals surface area contributed by atoms with Gasteiger partial charge in [0.25, 0.3) is 5.56 Å². The molecule has 8 heteroatoms. The van der Waals surface area contributed by atoms with Crippen molar-refractivity contribution < 1.29 is 4.74 Å². The predicted octanol–water partition coefficient (Wildman–Crippen LogP) is 1.82. The van der Waals surface area contributed by atoms with Crippen LogP contribution in [-0.2, 0) is 11.3 Å². The number of nitrogens with one attached hydrogen (secondary N) is 1. The number of hydrogen-bond acceptors (Lipinski definition) is 5. The topological polar surface area (TPSA) is 85.2 Å². The Morgan fingerprint density at radius 2 is 2.14 bits per heavy atom. The molecule has 1 N–H and O–H groups in total. The third-order valence-corrected chi connectivity index (χ3v) is 5.12. The maximum Gasteiger partial charge on any atom is 0.294 e. The lowest BCUT2D eigenvalue weighted by Gasteiger charge is -2.15. The maximum atomic E-state index is 11.9. The van der Waals surface area contributed by atoms with E-state index in [1.807, 2.05) is 6.07 Å². The largest absolute Gasteiger partial charge is 0.377 e. The van der Waals surface area contributed by atoms with E-state index in [4.69, 9.17) is 4.74 Å². The molecular weight excluding hydrogens is 298 g/mol. The van der Waals surface area contributed by atoms with Crippen molar-refractivity contribution in [2.45, 2.75) is 32.3 Å². The Kier molecular flexibility index (Phi) is 3.79. The van der Waals surface area contributed by atoms with Crippen molar-refractivity contribution in [1.29, 1.82) is 0 Å². The van der Waals surface area contributed by atoms with Gasteiger partial charge in [0.2, 0.25) is 5.65 Å². The van der Waals surface area contributed by atoms with E-state index < -0.39 is 8.07 Å². The van der Waals surface area contributed by atoms with Gasteiger partial charge < -0.3 is 9.72 Å². The van der Waals surface area contributed by atoms with Gasteiger partial charge in [-0.05, 0) is 17.7 Å². The summed E-state index contributed by atoms with van der Waals surface area (Å²) < 4.78 is 7.31. The zero-order valence-corrected chi connectivity index (χ0v) is 14.0. The number of ether oxygens (including phenoxy) is 1. The van der Waals surface area contributed by atoms with E-state index in [1.165, 1.54) is 6.33 Å². The third kappa shape index (κ3) is 3.07. The quantitative estimate of drug-likeness (QED) is 0.573. The summed E-state index contributed by atoms with van der Waals surface area (Å²) in [5.74, 6) is 0. The number of rotatable bonds is 5. The van der Waals surface area contributed by atoms with Gasteiger partial charge in [0.05, 0.1) is 12.1 Å². The molecule has 7 nitrogen and oxygen atoms in total. The molecule has 3 heterocycles. The molecule has 3 aromatic rings. The molecule has 0 fully saturated rings. The van der Waals surface area contributed by atoms with Crippen LogP contribution in [0.25, 0.3) is 16.8 Å². The predicted molar refractivity (Wildman–Crippen MR) is 86.7 cm³/mol. The molecule has 3 aromatic heterocycles. The second-order valence-electron chi connectivity index (χ2n) is 6.56. The van der Waals surface area contributed by atoms with Crippen LogP contribution in [0.1, 0.15) is 5.56 Å². The van der Waals surface area contributed by atoms with Crippen molar-refractivity contribution in [3.8, 4) is 0 Å². The molecule has 0 unspecified atom stereocenters. The molecule has 0 aliphatic rings. The Hall–Kier alpha value is -2.06. The van der Waals surface area contributed by atoms with Gasteiger partial charge in [0, 0.05) is 20.9 Å². The van der Waals surface area contributed by atoms with E-state index in [9.17, 15) is 4.79 Å². The average molecular weight is 317 g/mol. The molecule has 22 heavy (non-hydrogen) atoms. The van der Waals surface area contributed by atoms with E-state index in [0.29, 0.717) is 17.8 Å². The van der Waals surface area contributed by atoms with Gasteiger partial charge in [-0.1, -0.05) is 19.6 Å². The lowest BCUT2D eigenvalue weighted by molar-refractivity contribution is 0.133. The summed E-state index contributed by atoms with van der Waals surface area (Å²) in [6.45, 7) is 8.22. The Morgan fingerprint density at radius 3 is 2.91 bits per heavy atom. The van der Waals surface area contributed by atoms with Crippen molar-refractivity contribution in [1.82, 2.24) is 24.6 Å². The van der Waals surface area contributed by atoms with Crippen molar-refractivity contribution in [2.24, 2.45) is 0 Å². The molecule has 0 aromatic carbocycles. The maximum absolute atomic E-state index is 11.9. The van der Waals surface area contributed by atoms with Crippen LogP contribution >= 0.6 is 0 Å². The monoisotopic (exact) mass is 317 g/mol. The summed E-state index contributed by atoms with van der Waals surface area (Å²) in [7, 11) is -1.07. The number of pyridine rings is 1. The highest BCUT2D eigenvalue weighted by Gasteiger charge is 2.12. The second kappa shape index (κ2) is 5.62. The van der Waals surface area contributed by atoms with E-state index in [-0.39, 0.29) is 11.2 Å². The molecule has 0 spiro atoms. The van der Waals surface area contributed by atoms with Gasteiger partial charge in [-0.25, -0.2) is 4.98 Å². The van der Waals surface area contributed by atoms with Crippen LogP contribution in [0.15, 0.2) is 23.4 Å².